The van der Waals surface area contributed by atoms with Crippen molar-refractivity contribution in [2.75, 3.05) is 19.0 Å². The van der Waals surface area contributed by atoms with Gasteiger partial charge in [-0.3, -0.25) is 14.4 Å². The van der Waals surface area contributed by atoms with Crippen LogP contribution in [0.1, 0.15) is 18.9 Å². The van der Waals surface area contributed by atoms with Gasteiger partial charge in [-0.25, -0.2) is 4.79 Å². The molecular weight excluding hydrogens is 428 g/mol. The van der Waals surface area contributed by atoms with Gasteiger partial charge < -0.3 is 20.1 Å². The summed E-state index contributed by atoms with van der Waals surface area (Å²) in [6.45, 7) is 1.59. The summed E-state index contributed by atoms with van der Waals surface area (Å²) < 4.78 is 5.36. The lowest BCUT2D eigenvalue weighted by atomic mass is 10.1. The second-order valence-corrected chi connectivity index (χ2v) is 9.77. The Hall–Kier alpha value is -2.04. The summed E-state index contributed by atoms with van der Waals surface area (Å²) in [7, 11) is 0. The molecule has 2 saturated heterocycles. The highest BCUT2D eigenvalue weighted by molar-refractivity contribution is 8.14. The summed E-state index contributed by atoms with van der Waals surface area (Å²) in [5, 5.41) is 11.0. The number of amides is 2. The van der Waals surface area contributed by atoms with Crippen LogP contribution in [0.3, 0.4) is 0 Å². The van der Waals surface area contributed by atoms with Crippen molar-refractivity contribution in [2.45, 2.75) is 42.5 Å². The third-order valence-corrected chi connectivity index (χ3v) is 7.13. The quantitative estimate of drug-likeness (QED) is 0.661. The van der Waals surface area contributed by atoms with Gasteiger partial charge in [0.15, 0.2) is 11.2 Å². The fourth-order valence-corrected chi connectivity index (χ4v) is 5.60. The average Bonchev–Trinajstić information content (AvgIpc) is 2.87. The molecule has 30 heavy (non-hydrogen) atoms. The molecule has 0 aromatic heterocycles. The molecule has 4 atom stereocenters. The Morgan fingerprint density at radius 3 is 2.70 bits per heavy atom. The first kappa shape index (κ1) is 22.6. The average molecular weight is 453 g/mol. The molecule has 2 amide bonds. The number of morpholine rings is 1. The summed E-state index contributed by atoms with van der Waals surface area (Å²) >= 11 is 2.38. The van der Waals surface area contributed by atoms with E-state index in [0.29, 0.717) is 18.6 Å². The number of fused-ring (bicyclic) bond motifs is 1. The molecule has 0 spiro atoms. The molecule has 10 heteroatoms. The first-order valence-electron chi connectivity index (χ1n) is 9.62. The van der Waals surface area contributed by atoms with E-state index >= 15 is 0 Å². The van der Waals surface area contributed by atoms with Crippen LogP contribution in [0.2, 0.25) is 0 Å². The van der Waals surface area contributed by atoms with Gasteiger partial charge in [-0.05, 0) is 24.2 Å². The van der Waals surface area contributed by atoms with Crippen molar-refractivity contribution in [2.24, 2.45) is 0 Å². The zero-order chi connectivity index (χ0) is 21.7. The second kappa shape index (κ2) is 10.3. The Kier molecular flexibility index (Phi) is 7.79. The van der Waals surface area contributed by atoms with Crippen LogP contribution in [0.4, 0.5) is 0 Å². The summed E-state index contributed by atoms with van der Waals surface area (Å²) in [6, 6.07) is 7.44. The summed E-state index contributed by atoms with van der Waals surface area (Å²) in [5.41, 5.74) is 0.910. The van der Waals surface area contributed by atoms with Crippen LogP contribution in [0, 0.1) is 0 Å². The molecule has 2 aliphatic heterocycles. The Morgan fingerprint density at radius 2 is 2.03 bits per heavy atom. The Morgan fingerprint density at radius 1 is 1.30 bits per heavy atom. The summed E-state index contributed by atoms with van der Waals surface area (Å²) in [4.78, 5) is 50.8. The van der Waals surface area contributed by atoms with E-state index in [0.717, 1.165) is 17.3 Å². The van der Waals surface area contributed by atoms with E-state index < -0.39 is 35.1 Å². The third kappa shape index (κ3) is 5.55. The molecule has 1 aromatic carbocycles. The van der Waals surface area contributed by atoms with Crippen molar-refractivity contribution < 1.29 is 29.0 Å². The van der Waals surface area contributed by atoms with E-state index in [4.69, 9.17) is 4.74 Å². The number of carboxylic acids is 1. The minimum atomic E-state index is -1.13. The predicted octanol–water partition coefficient (Wildman–Crippen LogP) is 1.14. The highest BCUT2D eigenvalue weighted by Crippen LogP contribution is 2.29. The third-order valence-electron chi connectivity index (χ3n) is 4.92. The van der Waals surface area contributed by atoms with Gasteiger partial charge in [0.25, 0.3) is 0 Å². The first-order valence-corrected chi connectivity index (χ1v) is 11.6. The van der Waals surface area contributed by atoms with Crippen LogP contribution in [0.15, 0.2) is 30.3 Å². The van der Waals surface area contributed by atoms with Gasteiger partial charge in [-0.15, -0.1) is 11.8 Å². The number of hydrogen-bond donors (Lipinski definition) is 2. The number of hydrogen-bond acceptors (Lipinski definition) is 7. The number of nitrogens with one attached hydrogen (secondary N) is 1. The second-order valence-electron chi connectivity index (χ2n) is 7.10. The lowest BCUT2D eigenvalue weighted by molar-refractivity contribution is -0.160. The molecule has 2 fully saturated rings. The summed E-state index contributed by atoms with van der Waals surface area (Å²) in [5.74, 6) is -1.37. The monoisotopic (exact) mass is 452 g/mol. The number of carbonyl (C=O) groups excluding carboxylic acids is 3. The number of rotatable bonds is 6. The largest absolute Gasteiger partial charge is 0.480 e. The SMILES string of the molecule is CC(=O)SC(Cc1ccccc1)C(=O)NC1CCSC2COCC(C(=O)O)N2C1=O. The molecule has 1 aromatic rings. The Bertz CT molecular complexity index is 806. The highest BCUT2D eigenvalue weighted by Gasteiger charge is 2.44. The van der Waals surface area contributed by atoms with E-state index in [2.05, 4.69) is 5.32 Å². The molecule has 2 N–H and O–H groups in total. The van der Waals surface area contributed by atoms with Crippen molar-refractivity contribution in [3.05, 3.63) is 35.9 Å². The molecular formula is C20H24N2O6S2. The van der Waals surface area contributed by atoms with Gasteiger partial charge in [0.05, 0.1) is 18.5 Å². The number of nitrogens with zero attached hydrogens (tertiary/aromatic N) is 1. The topological polar surface area (TPSA) is 113 Å². The number of aliphatic carboxylic acids is 1. The molecule has 8 nitrogen and oxygen atoms in total. The van der Waals surface area contributed by atoms with Crippen LogP contribution < -0.4 is 5.32 Å². The molecule has 2 aliphatic rings. The number of ether oxygens (including phenoxy) is 1. The molecule has 3 rings (SSSR count). The number of carboxylic acid groups (broad SMARTS) is 1. The predicted molar refractivity (Wildman–Crippen MR) is 114 cm³/mol. The van der Waals surface area contributed by atoms with Crippen LogP contribution in [0.5, 0.6) is 0 Å². The van der Waals surface area contributed by atoms with E-state index in [1.807, 2.05) is 30.3 Å². The van der Waals surface area contributed by atoms with E-state index in [1.165, 1.54) is 23.6 Å². The van der Waals surface area contributed by atoms with Gasteiger partial charge in [-0.2, -0.15) is 0 Å². The highest BCUT2D eigenvalue weighted by atomic mass is 32.2. The van der Waals surface area contributed by atoms with Crippen molar-refractivity contribution in [1.29, 1.82) is 0 Å². The number of benzene rings is 1. The molecule has 0 radical (unpaired) electrons. The molecule has 162 valence electrons. The van der Waals surface area contributed by atoms with Crippen molar-refractivity contribution in [3.63, 3.8) is 0 Å². The zero-order valence-corrected chi connectivity index (χ0v) is 18.1. The fraction of sp³-hybridized carbons (Fsp3) is 0.500. The van der Waals surface area contributed by atoms with E-state index in [9.17, 15) is 24.3 Å². The van der Waals surface area contributed by atoms with Crippen LogP contribution in [-0.4, -0.2) is 74.6 Å². The van der Waals surface area contributed by atoms with Crippen LogP contribution >= 0.6 is 23.5 Å². The van der Waals surface area contributed by atoms with Gasteiger partial charge in [0.2, 0.25) is 11.8 Å². The zero-order valence-electron chi connectivity index (χ0n) is 16.5. The van der Waals surface area contributed by atoms with Crippen LogP contribution in [0.25, 0.3) is 0 Å². The van der Waals surface area contributed by atoms with Crippen molar-refractivity contribution >= 4 is 46.4 Å². The molecule has 0 bridgehead atoms. The fourth-order valence-electron chi connectivity index (χ4n) is 3.50. The van der Waals surface area contributed by atoms with Crippen molar-refractivity contribution in [1.82, 2.24) is 10.2 Å². The molecule has 4 unspecified atom stereocenters. The van der Waals surface area contributed by atoms with Gasteiger partial charge in [-0.1, -0.05) is 42.1 Å². The standard InChI is InChI=1S/C20H24N2O6S2/c1-12(23)30-16(9-13-5-3-2-4-6-13)18(24)21-14-7-8-29-17-11-28-10-15(20(26)27)22(17)19(14)25/h2-6,14-17H,7-11H2,1H3,(H,21,24)(H,26,27). The maximum atomic E-state index is 13.1. The van der Waals surface area contributed by atoms with Gasteiger partial charge in [0.1, 0.15) is 11.4 Å². The molecule has 0 aliphatic carbocycles. The number of carbonyl (C=O) groups is 4. The van der Waals surface area contributed by atoms with E-state index in [1.54, 1.807) is 0 Å². The van der Waals surface area contributed by atoms with Crippen molar-refractivity contribution in [3.8, 4) is 0 Å². The smallest absolute Gasteiger partial charge is 0.328 e. The number of thioether (sulfide) groups is 2. The summed E-state index contributed by atoms with van der Waals surface area (Å²) in [6.07, 6.45) is 0.738. The lowest BCUT2D eigenvalue weighted by Gasteiger charge is -2.39. The van der Waals surface area contributed by atoms with Gasteiger partial charge in [0, 0.05) is 6.92 Å². The van der Waals surface area contributed by atoms with Gasteiger partial charge >= 0.3 is 5.97 Å². The minimum absolute atomic E-state index is 0.0738. The van der Waals surface area contributed by atoms with Crippen LogP contribution in [-0.2, 0) is 30.3 Å². The maximum absolute atomic E-state index is 13.1. The first-order chi connectivity index (χ1) is 14.4. The molecule has 2 heterocycles. The maximum Gasteiger partial charge on any atom is 0.328 e. The van der Waals surface area contributed by atoms with E-state index in [-0.39, 0.29) is 23.7 Å². The minimum Gasteiger partial charge on any atom is -0.480 e. The Balaban J connectivity index is 1.74. The Labute approximate surface area is 183 Å². The lowest BCUT2D eigenvalue weighted by Crippen LogP contribution is -2.60. The molecule has 0 saturated carbocycles. The normalized spacial score (nSPS) is 25.0.